The first-order chi connectivity index (χ1) is 15.0. The molecule has 0 radical (unpaired) electrons. The van der Waals surface area contributed by atoms with Crippen molar-refractivity contribution in [3.8, 4) is 0 Å². The molecule has 2 amide bonds. The largest absolute Gasteiger partial charge is 0.443 e. The van der Waals surface area contributed by atoms with Crippen LogP contribution in [-0.2, 0) is 18.9 Å². The van der Waals surface area contributed by atoms with Crippen LogP contribution in [0.3, 0.4) is 0 Å². The van der Waals surface area contributed by atoms with E-state index in [1.807, 2.05) is 43.3 Å². The van der Waals surface area contributed by atoms with Crippen LogP contribution in [0.15, 0.2) is 30.3 Å². The number of aryl methyl sites for hydroxylation is 1. The zero-order valence-electron chi connectivity index (χ0n) is 21.2. The summed E-state index contributed by atoms with van der Waals surface area (Å²) in [5.41, 5.74) is 3.16. The molecule has 8 heteroatoms. The standard InChI is InChI=1S/C25H38N2O6/c1-17-10-12-18(13-11-17)14-15-20-19(16-30-25(8,9)31-20)27(22(29)33-24(5,6)7)26-21(28)32-23(2,3)4/h10-15,19-20H,16H2,1-9H3,(H,26,28)/t19?,20-/m1/s1. The highest BCUT2D eigenvalue weighted by Gasteiger charge is 2.42. The summed E-state index contributed by atoms with van der Waals surface area (Å²) in [5, 5.41) is 1.10. The van der Waals surface area contributed by atoms with Gasteiger partial charge in [0.1, 0.15) is 23.3 Å². The highest BCUT2D eigenvalue weighted by Crippen LogP contribution is 2.27. The monoisotopic (exact) mass is 462 g/mol. The number of benzene rings is 1. The van der Waals surface area contributed by atoms with Gasteiger partial charge in [-0.3, -0.25) is 0 Å². The molecule has 1 aromatic rings. The van der Waals surface area contributed by atoms with Gasteiger partial charge in [-0.2, -0.15) is 0 Å². The van der Waals surface area contributed by atoms with Crippen LogP contribution in [0.2, 0.25) is 0 Å². The van der Waals surface area contributed by atoms with Crippen molar-refractivity contribution >= 4 is 18.3 Å². The molecule has 1 fully saturated rings. The van der Waals surface area contributed by atoms with E-state index in [0.717, 1.165) is 16.1 Å². The number of hydrazine groups is 1. The zero-order valence-corrected chi connectivity index (χ0v) is 21.2. The summed E-state index contributed by atoms with van der Waals surface area (Å²) in [5.74, 6) is -0.871. The van der Waals surface area contributed by atoms with E-state index in [-0.39, 0.29) is 6.61 Å². The number of ether oxygens (including phenoxy) is 4. The van der Waals surface area contributed by atoms with Crippen LogP contribution in [0.5, 0.6) is 0 Å². The number of hydrogen-bond donors (Lipinski definition) is 1. The van der Waals surface area contributed by atoms with E-state index in [2.05, 4.69) is 5.43 Å². The van der Waals surface area contributed by atoms with Gasteiger partial charge in [0.15, 0.2) is 5.79 Å². The van der Waals surface area contributed by atoms with E-state index in [9.17, 15) is 9.59 Å². The third-order valence-corrected chi connectivity index (χ3v) is 4.49. The number of hydrogen-bond acceptors (Lipinski definition) is 6. The molecule has 0 saturated carbocycles. The molecule has 1 saturated heterocycles. The van der Waals surface area contributed by atoms with Gasteiger partial charge in [-0.05, 0) is 67.9 Å². The van der Waals surface area contributed by atoms with Crippen LogP contribution in [0.4, 0.5) is 9.59 Å². The van der Waals surface area contributed by atoms with E-state index in [1.165, 1.54) is 0 Å². The molecule has 8 nitrogen and oxygen atoms in total. The van der Waals surface area contributed by atoms with Gasteiger partial charge in [-0.1, -0.05) is 42.0 Å². The molecule has 1 aromatic carbocycles. The first-order valence-electron chi connectivity index (χ1n) is 11.1. The summed E-state index contributed by atoms with van der Waals surface area (Å²) in [7, 11) is 0. The van der Waals surface area contributed by atoms with Crippen molar-refractivity contribution in [2.45, 2.75) is 91.4 Å². The summed E-state index contributed by atoms with van der Waals surface area (Å²) in [6.45, 7) is 16.2. The van der Waals surface area contributed by atoms with E-state index in [1.54, 1.807) is 55.4 Å². The number of nitrogens with one attached hydrogen (secondary N) is 1. The van der Waals surface area contributed by atoms with Gasteiger partial charge < -0.3 is 18.9 Å². The van der Waals surface area contributed by atoms with Gasteiger partial charge >= 0.3 is 12.2 Å². The number of rotatable bonds is 3. The highest BCUT2D eigenvalue weighted by atomic mass is 16.7. The molecular weight excluding hydrogens is 424 g/mol. The Kier molecular flexibility index (Phi) is 8.19. The number of carbonyl (C=O) groups is 2. The Morgan fingerprint density at radius 3 is 2.18 bits per heavy atom. The molecule has 33 heavy (non-hydrogen) atoms. The van der Waals surface area contributed by atoms with Gasteiger partial charge in [0.2, 0.25) is 0 Å². The van der Waals surface area contributed by atoms with Crippen molar-refractivity contribution in [1.29, 1.82) is 0 Å². The van der Waals surface area contributed by atoms with E-state index < -0.39 is 41.3 Å². The second kappa shape index (κ2) is 10.1. The molecule has 2 rings (SSSR count). The van der Waals surface area contributed by atoms with Crippen molar-refractivity contribution in [2.24, 2.45) is 0 Å². The van der Waals surface area contributed by atoms with Crippen LogP contribution >= 0.6 is 0 Å². The van der Waals surface area contributed by atoms with Crippen LogP contribution < -0.4 is 5.43 Å². The topological polar surface area (TPSA) is 86.3 Å². The summed E-state index contributed by atoms with van der Waals surface area (Å²) in [6.07, 6.45) is 1.67. The minimum Gasteiger partial charge on any atom is -0.443 e. The van der Waals surface area contributed by atoms with E-state index in [4.69, 9.17) is 18.9 Å². The fourth-order valence-electron chi connectivity index (χ4n) is 3.07. The van der Waals surface area contributed by atoms with Crippen molar-refractivity contribution in [3.05, 3.63) is 41.5 Å². The summed E-state index contributed by atoms with van der Waals surface area (Å²) in [6, 6.07) is 7.33. The average molecular weight is 463 g/mol. The Bertz CT molecular complexity index is 849. The summed E-state index contributed by atoms with van der Waals surface area (Å²) >= 11 is 0. The van der Waals surface area contributed by atoms with Gasteiger partial charge in [0, 0.05) is 0 Å². The molecule has 1 heterocycles. The molecular formula is C25H38N2O6. The second-order valence-corrected chi connectivity index (χ2v) is 10.6. The molecule has 1 unspecified atom stereocenters. The molecule has 2 atom stereocenters. The molecule has 1 aliphatic rings. The predicted octanol–water partition coefficient (Wildman–Crippen LogP) is 5.21. The quantitative estimate of drug-likeness (QED) is 0.621. The molecule has 1 aliphatic heterocycles. The molecule has 0 aromatic heterocycles. The zero-order chi connectivity index (χ0) is 25.0. The maximum absolute atomic E-state index is 13.1. The lowest BCUT2D eigenvalue weighted by atomic mass is 10.1. The second-order valence-electron chi connectivity index (χ2n) is 10.6. The Hall–Kier alpha value is -2.58. The lowest BCUT2D eigenvalue weighted by molar-refractivity contribution is -0.283. The molecule has 0 aliphatic carbocycles. The molecule has 1 N–H and O–H groups in total. The van der Waals surface area contributed by atoms with Crippen LogP contribution in [-0.4, -0.2) is 52.9 Å². The van der Waals surface area contributed by atoms with Gasteiger partial charge in [0.05, 0.1) is 6.61 Å². The Morgan fingerprint density at radius 1 is 1.06 bits per heavy atom. The van der Waals surface area contributed by atoms with Gasteiger partial charge in [-0.15, -0.1) is 0 Å². The fourth-order valence-corrected chi connectivity index (χ4v) is 3.07. The molecule has 0 spiro atoms. The fraction of sp³-hybridized carbons (Fsp3) is 0.600. The van der Waals surface area contributed by atoms with Crippen LogP contribution in [0.25, 0.3) is 6.08 Å². The normalized spacial score (nSPS) is 20.9. The minimum atomic E-state index is -0.871. The third-order valence-electron chi connectivity index (χ3n) is 4.49. The molecule has 0 bridgehead atoms. The lowest BCUT2D eigenvalue weighted by Gasteiger charge is -2.44. The van der Waals surface area contributed by atoms with Crippen LogP contribution in [0.1, 0.15) is 66.5 Å². The highest BCUT2D eigenvalue weighted by molar-refractivity contribution is 5.75. The first-order valence-corrected chi connectivity index (χ1v) is 11.1. The Morgan fingerprint density at radius 2 is 1.64 bits per heavy atom. The first kappa shape index (κ1) is 26.7. The van der Waals surface area contributed by atoms with Gasteiger partial charge in [0.25, 0.3) is 0 Å². The number of carbonyl (C=O) groups excluding carboxylic acids is 2. The van der Waals surface area contributed by atoms with Crippen molar-refractivity contribution in [1.82, 2.24) is 10.4 Å². The molecule has 184 valence electrons. The summed E-state index contributed by atoms with van der Waals surface area (Å²) in [4.78, 5) is 25.6. The Balaban J connectivity index is 2.35. The Labute approximate surface area is 197 Å². The van der Waals surface area contributed by atoms with Crippen LogP contribution in [0, 0.1) is 6.92 Å². The predicted molar refractivity (Wildman–Crippen MR) is 126 cm³/mol. The van der Waals surface area contributed by atoms with E-state index in [0.29, 0.717) is 0 Å². The van der Waals surface area contributed by atoms with Crippen molar-refractivity contribution < 1.29 is 28.5 Å². The van der Waals surface area contributed by atoms with Crippen molar-refractivity contribution in [3.63, 3.8) is 0 Å². The number of amides is 2. The van der Waals surface area contributed by atoms with Gasteiger partial charge in [-0.25, -0.2) is 20.0 Å². The van der Waals surface area contributed by atoms with Crippen molar-refractivity contribution in [2.75, 3.05) is 6.61 Å². The minimum absolute atomic E-state index is 0.116. The maximum Gasteiger partial charge on any atom is 0.429 e. The SMILES string of the molecule is Cc1ccc(C=C[C@H]2OC(C)(C)OCC2N(NC(=O)OC(C)(C)C)C(=O)OC(C)(C)C)cc1. The summed E-state index contributed by atoms with van der Waals surface area (Å²) < 4.78 is 22.8. The van der Waals surface area contributed by atoms with E-state index >= 15 is 0 Å². The third kappa shape index (κ3) is 9.06. The average Bonchev–Trinajstić information content (AvgIpc) is 2.63. The lowest BCUT2D eigenvalue weighted by Crippen LogP contribution is -2.63. The number of nitrogens with zero attached hydrogens (tertiary/aromatic N) is 1. The smallest absolute Gasteiger partial charge is 0.429 e. The maximum atomic E-state index is 13.1.